The highest BCUT2D eigenvalue weighted by atomic mass is 35.5. The fraction of sp³-hybridized carbons (Fsp3) is 0.143. The van der Waals surface area contributed by atoms with Gasteiger partial charge in [-0.15, -0.1) is 0 Å². The van der Waals surface area contributed by atoms with Crippen molar-refractivity contribution in [2.24, 2.45) is 5.14 Å². The second kappa shape index (κ2) is 9.42. The molecule has 0 saturated heterocycles. The van der Waals surface area contributed by atoms with Gasteiger partial charge in [0, 0.05) is 16.3 Å². The first-order valence-corrected chi connectivity index (χ1v) is 11.0. The minimum Gasteiger partial charge on any atom is -0.484 e. The molecule has 1 amide bonds. The molecule has 0 bridgehead atoms. The Kier molecular flexibility index (Phi) is 6.89. The lowest BCUT2D eigenvalue weighted by Gasteiger charge is -2.18. The fourth-order valence-corrected chi connectivity index (χ4v) is 3.97. The summed E-state index contributed by atoms with van der Waals surface area (Å²) in [6, 6.07) is 13.7. The number of pyridine rings is 1. The van der Waals surface area contributed by atoms with Gasteiger partial charge in [0.1, 0.15) is 11.9 Å². The minimum atomic E-state index is -4.13. The molecule has 0 aliphatic heterocycles. The summed E-state index contributed by atoms with van der Waals surface area (Å²) in [5, 5.41) is 8.48. The van der Waals surface area contributed by atoms with E-state index in [1.165, 1.54) is 30.5 Å². The number of hydrogen-bond donors (Lipinski definition) is 2. The summed E-state index contributed by atoms with van der Waals surface area (Å²) >= 11 is 6.07. The molecule has 10 heteroatoms. The SMILES string of the molecule is CC(Oc1ccc(F)nc1)c1ccc(NC(=O)Cc2ccccc2Cl)cc1S(N)(=O)=O. The van der Waals surface area contributed by atoms with Crippen LogP contribution < -0.4 is 15.2 Å². The van der Waals surface area contributed by atoms with Gasteiger partial charge < -0.3 is 10.1 Å². The predicted octanol–water partition coefficient (Wildman–Crippen LogP) is 3.84. The third-order valence-corrected chi connectivity index (χ3v) is 5.70. The van der Waals surface area contributed by atoms with Crippen LogP contribution in [-0.2, 0) is 21.2 Å². The molecule has 0 aliphatic rings. The van der Waals surface area contributed by atoms with Crippen LogP contribution in [-0.4, -0.2) is 19.3 Å². The summed E-state index contributed by atoms with van der Waals surface area (Å²) in [5.74, 6) is -0.781. The van der Waals surface area contributed by atoms with Gasteiger partial charge >= 0.3 is 0 Å². The van der Waals surface area contributed by atoms with E-state index in [-0.39, 0.29) is 34.2 Å². The van der Waals surface area contributed by atoms with Crippen LogP contribution in [0.5, 0.6) is 5.75 Å². The number of ether oxygens (including phenoxy) is 1. The number of amides is 1. The van der Waals surface area contributed by atoms with Crippen molar-refractivity contribution in [2.75, 3.05) is 5.32 Å². The van der Waals surface area contributed by atoms with Crippen molar-refractivity contribution in [1.29, 1.82) is 0 Å². The molecule has 0 spiro atoms. The van der Waals surface area contributed by atoms with Gasteiger partial charge in [0.15, 0.2) is 0 Å². The number of nitrogens with one attached hydrogen (secondary N) is 1. The molecule has 0 fully saturated rings. The number of rotatable bonds is 7. The number of benzene rings is 2. The van der Waals surface area contributed by atoms with Gasteiger partial charge in [-0.3, -0.25) is 4.79 Å². The number of carbonyl (C=O) groups excluding carboxylic acids is 1. The van der Waals surface area contributed by atoms with Crippen LogP contribution in [0.4, 0.5) is 10.1 Å². The molecule has 1 heterocycles. The minimum absolute atomic E-state index is 0.0171. The lowest BCUT2D eigenvalue weighted by molar-refractivity contribution is -0.115. The number of sulfonamides is 1. The summed E-state index contributed by atoms with van der Waals surface area (Å²) < 4.78 is 42.9. The molecule has 162 valence electrons. The van der Waals surface area contributed by atoms with E-state index in [9.17, 15) is 17.6 Å². The van der Waals surface area contributed by atoms with E-state index < -0.39 is 22.1 Å². The Labute approximate surface area is 184 Å². The Morgan fingerprint density at radius 2 is 1.97 bits per heavy atom. The molecule has 1 atom stereocenters. The van der Waals surface area contributed by atoms with Gasteiger partial charge in [0.05, 0.1) is 17.5 Å². The normalized spacial score (nSPS) is 12.3. The zero-order valence-electron chi connectivity index (χ0n) is 16.4. The maximum atomic E-state index is 13.0. The molecule has 0 saturated carbocycles. The van der Waals surface area contributed by atoms with Crippen LogP contribution in [0.2, 0.25) is 5.02 Å². The average Bonchev–Trinajstić information content (AvgIpc) is 2.70. The number of hydrogen-bond acceptors (Lipinski definition) is 5. The van der Waals surface area contributed by atoms with E-state index in [4.69, 9.17) is 21.5 Å². The van der Waals surface area contributed by atoms with E-state index in [1.54, 1.807) is 31.2 Å². The Morgan fingerprint density at radius 3 is 2.61 bits per heavy atom. The van der Waals surface area contributed by atoms with Crippen molar-refractivity contribution in [1.82, 2.24) is 4.98 Å². The Hall–Kier alpha value is -3.01. The summed E-state index contributed by atoms with van der Waals surface area (Å²) in [7, 11) is -4.13. The number of anilines is 1. The van der Waals surface area contributed by atoms with Crippen molar-refractivity contribution in [3.05, 3.63) is 82.9 Å². The molecule has 2 aromatic carbocycles. The Morgan fingerprint density at radius 1 is 1.23 bits per heavy atom. The highest BCUT2D eigenvalue weighted by Gasteiger charge is 2.21. The lowest BCUT2D eigenvalue weighted by atomic mass is 10.1. The highest BCUT2D eigenvalue weighted by Crippen LogP contribution is 2.29. The molecule has 7 nitrogen and oxygen atoms in total. The van der Waals surface area contributed by atoms with Crippen molar-refractivity contribution in [2.45, 2.75) is 24.3 Å². The highest BCUT2D eigenvalue weighted by molar-refractivity contribution is 7.89. The molecule has 3 aromatic rings. The number of halogens is 2. The second-order valence-electron chi connectivity index (χ2n) is 6.69. The molecule has 31 heavy (non-hydrogen) atoms. The first-order valence-electron chi connectivity index (χ1n) is 9.11. The first-order chi connectivity index (χ1) is 14.6. The topological polar surface area (TPSA) is 111 Å². The standard InChI is InChI=1S/C21H19ClFN3O4S/c1-13(30-16-7-9-20(23)25-12-16)17-8-6-15(11-19(17)31(24,28)29)26-21(27)10-14-4-2-3-5-18(14)22/h2-9,11-13H,10H2,1H3,(H,26,27)(H2,24,28,29). The molecule has 0 aliphatic carbocycles. The second-order valence-corrected chi connectivity index (χ2v) is 8.63. The lowest BCUT2D eigenvalue weighted by Crippen LogP contribution is -2.19. The van der Waals surface area contributed by atoms with Crippen LogP contribution in [0.15, 0.2) is 65.7 Å². The third-order valence-electron chi connectivity index (χ3n) is 4.36. The smallest absolute Gasteiger partial charge is 0.238 e. The van der Waals surface area contributed by atoms with Gasteiger partial charge in [-0.1, -0.05) is 35.9 Å². The Balaban J connectivity index is 1.82. The summed E-state index contributed by atoms with van der Waals surface area (Å²) in [5.41, 5.74) is 1.16. The number of aromatic nitrogens is 1. The van der Waals surface area contributed by atoms with Gasteiger partial charge in [0.25, 0.3) is 0 Å². The number of primary sulfonamides is 1. The molecule has 1 unspecified atom stereocenters. The molecular formula is C21H19ClFN3O4S. The number of nitrogens with two attached hydrogens (primary N) is 1. The molecule has 1 aromatic heterocycles. The zero-order chi connectivity index (χ0) is 22.6. The fourth-order valence-electron chi connectivity index (χ4n) is 2.91. The monoisotopic (exact) mass is 463 g/mol. The van der Waals surface area contributed by atoms with Gasteiger partial charge in [0.2, 0.25) is 21.9 Å². The van der Waals surface area contributed by atoms with Crippen LogP contribution in [0.3, 0.4) is 0 Å². The summed E-state index contributed by atoms with van der Waals surface area (Å²) in [6.45, 7) is 1.61. The van der Waals surface area contributed by atoms with Gasteiger partial charge in [-0.25, -0.2) is 18.5 Å². The van der Waals surface area contributed by atoms with E-state index in [2.05, 4.69) is 10.3 Å². The molecule has 0 radical (unpaired) electrons. The van der Waals surface area contributed by atoms with Crippen LogP contribution >= 0.6 is 11.6 Å². The molecule has 3 N–H and O–H groups in total. The van der Waals surface area contributed by atoms with E-state index in [0.29, 0.717) is 10.6 Å². The number of carbonyl (C=O) groups is 1. The van der Waals surface area contributed by atoms with Crippen molar-refractivity contribution in [3.8, 4) is 5.75 Å². The van der Waals surface area contributed by atoms with Crippen LogP contribution in [0.25, 0.3) is 0 Å². The van der Waals surface area contributed by atoms with Gasteiger partial charge in [-0.2, -0.15) is 4.39 Å². The van der Waals surface area contributed by atoms with Crippen molar-refractivity contribution < 1.29 is 22.3 Å². The maximum absolute atomic E-state index is 13.0. The quantitative estimate of drug-likeness (QED) is 0.517. The van der Waals surface area contributed by atoms with E-state index in [0.717, 1.165) is 6.07 Å². The Bertz CT molecular complexity index is 1200. The molecular weight excluding hydrogens is 445 g/mol. The van der Waals surface area contributed by atoms with Gasteiger partial charge in [-0.05, 0) is 42.8 Å². The van der Waals surface area contributed by atoms with E-state index >= 15 is 0 Å². The van der Waals surface area contributed by atoms with Crippen molar-refractivity contribution >= 4 is 33.2 Å². The van der Waals surface area contributed by atoms with E-state index in [1.807, 2.05) is 0 Å². The van der Waals surface area contributed by atoms with Crippen LogP contribution in [0, 0.1) is 5.95 Å². The molecule has 3 rings (SSSR count). The zero-order valence-corrected chi connectivity index (χ0v) is 18.0. The number of nitrogens with zero attached hydrogens (tertiary/aromatic N) is 1. The van der Waals surface area contributed by atoms with Crippen molar-refractivity contribution in [3.63, 3.8) is 0 Å². The third kappa shape index (κ3) is 6.00. The maximum Gasteiger partial charge on any atom is 0.238 e. The van der Waals surface area contributed by atoms with Crippen LogP contribution in [0.1, 0.15) is 24.2 Å². The summed E-state index contributed by atoms with van der Waals surface area (Å²) in [6.07, 6.45) is 0.461. The summed E-state index contributed by atoms with van der Waals surface area (Å²) in [4.78, 5) is 15.7. The largest absolute Gasteiger partial charge is 0.484 e. The predicted molar refractivity (Wildman–Crippen MR) is 115 cm³/mol. The first kappa shape index (κ1) is 22.7. The average molecular weight is 464 g/mol.